The van der Waals surface area contributed by atoms with Gasteiger partial charge >= 0.3 is 11.9 Å². The van der Waals surface area contributed by atoms with Crippen LogP contribution in [0.4, 0.5) is 0 Å². The largest absolute Gasteiger partial charge is 0.466 e. The Morgan fingerprint density at radius 1 is 0.325 bits per heavy atom. The van der Waals surface area contributed by atoms with Crippen molar-refractivity contribution < 1.29 is 28.5 Å². The van der Waals surface area contributed by atoms with Crippen molar-refractivity contribution in [2.45, 2.75) is 379 Å². The van der Waals surface area contributed by atoms with Crippen LogP contribution < -0.4 is 0 Å². The Bertz CT molecular complexity index is 1220. The van der Waals surface area contributed by atoms with Crippen LogP contribution in [0.1, 0.15) is 373 Å². The molecule has 0 saturated carbocycles. The Labute approximate surface area is 484 Å². The molecule has 77 heavy (non-hydrogen) atoms. The number of allylic oxidation sites excluding steroid dienone is 4. The molecule has 0 bridgehead atoms. The fourth-order valence-electron chi connectivity index (χ4n) is 9.10. The molecule has 0 radical (unpaired) electrons. The lowest BCUT2D eigenvalue weighted by atomic mass is 9.89. The molecule has 0 aromatic heterocycles. The Kier molecular flexibility index (Phi) is 62.4. The zero-order valence-electron chi connectivity index (χ0n) is 54.8. The number of hydrogen-bond acceptors (Lipinski definition) is 6. The summed E-state index contributed by atoms with van der Waals surface area (Å²) in [6.45, 7) is 32.2. The van der Waals surface area contributed by atoms with Gasteiger partial charge in [0.15, 0.2) is 6.29 Å². The molecule has 0 N–H and O–H groups in total. The standard InChI is InChI=1S/C27H54O4.C22H44O2.C22H42/c1-6-8-10-12-14-16-22-30-26(31-23-17-15-13-11-9-7-2)20-19-25(28)29-24-18-21-27(3,4)5;1-5-6-7-8-9-12-15-18-21(23)24-20-17-14-11-10-13-16-19-22(2,3)4;1-5-6-7-8-9-10-11-12-13-14-15-16-17-18-19-20-21-22(2,3)4/h26H,6-24H2,1-5H3;5-20H2,1-4H3;9-10,12-13H,5-8,11,14-21H2,1-4H3/b;;10-9-,13-12-. The van der Waals surface area contributed by atoms with E-state index in [-0.39, 0.29) is 23.6 Å². The molecule has 0 aromatic carbocycles. The first kappa shape index (κ1) is 79.6. The van der Waals surface area contributed by atoms with E-state index in [9.17, 15) is 9.59 Å². The molecule has 0 atom stereocenters. The average Bonchev–Trinajstić information content (AvgIpc) is 3.37. The minimum atomic E-state index is -0.284. The van der Waals surface area contributed by atoms with Crippen LogP contribution in [0.5, 0.6) is 0 Å². The summed E-state index contributed by atoms with van der Waals surface area (Å²) >= 11 is 0. The molecule has 0 aliphatic carbocycles. The second-order valence-electron chi connectivity index (χ2n) is 26.5. The number of esters is 2. The third kappa shape index (κ3) is 78.6. The smallest absolute Gasteiger partial charge is 0.305 e. The molecule has 0 aromatic rings. The lowest BCUT2D eigenvalue weighted by Crippen LogP contribution is -2.21. The second kappa shape index (κ2) is 60.4. The quantitative estimate of drug-likeness (QED) is 0.0262. The molecular formula is C71H140O6. The van der Waals surface area contributed by atoms with Gasteiger partial charge in [0.05, 0.1) is 19.6 Å². The van der Waals surface area contributed by atoms with Crippen molar-refractivity contribution in [2.24, 2.45) is 16.2 Å². The van der Waals surface area contributed by atoms with Gasteiger partial charge in [-0.05, 0) is 99.7 Å². The van der Waals surface area contributed by atoms with E-state index >= 15 is 0 Å². The highest BCUT2D eigenvalue weighted by Gasteiger charge is 2.15. The Hall–Kier alpha value is -1.66. The fraction of sp³-hybridized carbons (Fsp3) is 0.915. The van der Waals surface area contributed by atoms with Gasteiger partial charge in [0.1, 0.15) is 0 Å². The lowest BCUT2D eigenvalue weighted by Gasteiger charge is -2.19. The molecule has 6 nitrogen and oxygen atoms in total. The van der Waals surface area contributed by atoms with Gasteiger partial charge in [0.25, 0.3) is 0 Å². The highest BCUT2D eigenvalue weighted by Crippen LogP contribution is 2.24. The number of carbonyl (C=O) groups excluding carboxylic acids is 2. The minimum Gasteiger partial charge on any atom is -0.466 e. The van der Waals surface area contributed by atoms with Crippen molar-refractivity contribution in [3.63, 3.8) is 0 Å². The van der Waals surface area contributed by atoms with E-state index in [1.807, 2.05) is 0 Å². The van der Waals surface area contributed by atoms with Gasteiger partial charge in [-0.2, -0.15) is 0 Å². The Morgan fingerprint density at radius 3 is 1.04 bits per heavy atom. The van der Waals surface area contributed by atoms with Crippen LogP contribution >= 0.6 is 0 Å². The van der Waals surface area contributed by atoms with Crippen LogP contribution in [0.3, 0.4) is 0 Å². The third-order valence-corrected chi connectivity index (χ3v) is 14.2. The normalized spacial score (nSPS) is 12.1. The zero-order valence-corrected chi connectivity index (χ0v) is 54.8. The molecule has 6 heteroatoms. The predicted octanol–water partition coefficient (Wildman–Crippen LogP) is 23.9. The van der Waals surface area contributed by atoms with Gasteiger partial charge in [-0.15, -0.1) is 0 Å². The van der Waals surface area contributed by atoms with E-state index < -0.39 is 0 Å². The summed E-state index contributed by atoms with van der Waals surface area (Å²) in [6, 6.07) is 0. The van der Waals surface area contributed by atoms with Crippen molar-refractivity contribution in [1.29, 1.82) is 0 Å². The van der Waals surface area contributed by atoms with E-state index in [1.54, 1.807) is 0 Å². The molecular weight excluding hydrogens is 949 g/mol. The van der Waals surface area contributed by atoms with Crippen LogP contribution in [-0.4, -0.2) is 44.7 Å². The second-order valence-corrected chi connectivity index (χ2v) is 26.5. The lowest BCUT2D eigenvalue weighted by molar-refractivity contribution is -0.159. The number of unbranched alkanes of at least 4 members (excludes halogenated alkanes) is 30. The van der Waals surface area contributed by atoms with Crippen molar-refractivity contribution >= 4 is 11.9 Å². The molecule has 0 spiro atoms. The SMILES string of the molecule is CCCCC/C=C\C/C=C\CCCCCCCCC(C)(C)C.CCCCCCCCCC(=O)OCCCCCCCCC(C)(C)C.CCCCCCCCOC(CCC(=O)OCCCC(C)(C)C)OCCCCCCCC. The van der Waals surface area contributed by atoms with Crippen molar-refractivity contribution in [1.82, 2.24) is 0 Å². The van der Waals surface area contributed by atoms with Gasteiger partial charge in [0.2, 0.25) is 0 Å². The fourth-order valence-corrected chi connectivity index (χ4v) is 9.10. The van der Waals surface area contributed by atoms with Crippen LogP contribution in [0.25, 0.3) is 0 Å². The first-order valence-corrected chi connectivity index (χ1v) is 33.7. The molecule has 460 valence electrons. The van der Waals surface area contributed by atoms with Gasteiger partial charge in [0, 0.05) is 26.1 Å². The molecule has 0 aliphatic heterocycles. The van der Waals surface area contributed by atoms with Crippen molar-refractivity contribution in [2.75, 3.05) is 26.4 Å². The summed E-state index contributed by atoms with van der Waals surface area (Å²) in [5.41, 5.74) is 1.28. The highest BCUT2D eigenvalue weighted by molar-refractivity contribution is 5.69. The van der Waals surface area contributed by atoms with E-state index in [4.69, 9.17) is 18.9 Å². The van der Waals surface area contributed by atoms with E-state index in [0.29, 0.717) is 56.5 Å². The molecule has 0 rings (SSSR count). The van der Waals surface area contributed by atoms with Gasteiger partial charge in [-0.3, -0.25) is 9.59 Å². The number of ether oxygens (including phenoxy) is 4. The van der Waals surface area contributed by atoms with E-state index in [1.165, 1.54) is 218 Å². The maximum Gasteiger partial charge on any atom is 0.305 e. The average molecular weight is 1090 g/mol. The van der Waals surface area contributed by atoms with Gasteiger partial charge in [-0.1, -0.05) is 294 Å². The van der Waals surface area contributed by atoms with Crippen LogP contribution in [0.2, 0.25) is 0 Å². The number of rotatable bonds is 52. The summed E-state index contributed by atoms with van der Waals surface area (Å²) in [4.78, 5) is 23.7. The summed E-state index contributed by atoms with van der Waals surface area (Å²) < 4.78 is 22.7. The van der Waals surface area contributed by atoms with Crippen molar-refractivity contribution in [3.8, 4) is 0 Å². The first-order chi connectivity index (χ1) is 36.9. The topological polar surface area (TPSA) is 71.1 Å². The Balaban J connectivity index is -0.00000109. The third-order valence-electron chi connectivity index (χ3n) is 14.2. The molecule has 0 fully saturated rings. The van der Waals surface area contributed by atoms with Crippen LogP contribution in [0.15, 0.2) is 24.3 Å². The van der Waals surface area contributed by atoms with E-state index in [2.05, 4.69) is 114 Å². The van der Waals surface area contributed by atoms with Gasteiger partial charge < -0.3 is 18.9 Å². The van der Waals surface area contributed by atoms with Crippen LogP contribution in [-0.2, 0) is 28.5 Å². The predicted molar refractivity (Wildman–Crippen MR) is 340 cm³/mol. The summed E-state index contributed by atoms with van der Waals surface area (Å²) in [5.74, 6) is -0.126. The van der Waals surface area contributed by atoms with E-state index in [0.717, 1.165) is 44.9 Å². The molecule has 0 amide bonds. The Morgan fingerprint density at radius 2 is 0.623 bits per heavy atom. The highest BCUT2D eigenvalue weighted by atomic mass is 16.7. The van der Waals surface area contributed by atoms with Crippen molar-refractivity contribution in [3.05, 3.63) is 24.3 Å². The van der Waals surface area contributed by atoms with Gasteiger partial charge in [-0.25, -0.2) is 0 Å². The number of hydrogen-bond donors (Lipinski definition) is 0. The minimum absolute atomic E-state index is 0.00809. The van der Waals surface area contributed by atoms with Crippen LogP contribution in [0, 0.1) is 16.2 Å². The molecule has 0 unspecified atom stereocenters. The molecule has 0 saturated heterocycles. The monoisotopic (exact) mass is 1090 g/mol. The molecule has 0 heterocycles. The number of carbonyl (C=O) groups is 2. The molecule has 0 aliphatic rings. The maximum atomic E-state index is 12.1. The summed E-state index contributed by atoms with van der Waals surface area (Å²) in [6.07, 6.45) is 62.7. The summed E-state index contributed by atoms with van der Waals surface area (Å²) in [5, 5.41) is 0. The maximum absolute atomic E-state index is 12.1. The zero-order chi connectivity index (χ0) is 57.8. The summed E-state index contributed by atoms with van der Waals surface area (Å²) in [7, 11) is 0. The first-order valence-electron chi connectivity index (χ1n) is 33.7.